The highest BCUT2D eigenvalue weighted by Gasteiger charge is 2.25. The second-order valence-corrected chi connectivity index (χ2v) is 8.25. The highest BCUT2D eigenvalue weighted by Crippen LogP contribution is 2.33. The average molecular weight is 457 g/mol. The van der Waals surface area contributed by atoms with Crippen molar-refractivity contribution in [3.8, 4) is 11.5 Å². The van der Waals surface area contributed by atoms with E-state index in [1.807, 2.05) is 35.7 Å². The third-order valence-electron chi connectivity index (χ3n) is 5.00. The van der Waals surface area contributed by atoms with E-state index in [4.69, 9.17) is 18.6 Å². The summed E-state index contributed by atoms with van der Waals surface area (Å²) in [6, 6.07) is 12.8. The van der Waals surface area contributed by atoms with Gasteiger partial charge >= 0.3 is 0 Å². The van der Waals surface area contributed by atoms with Crippen molar-refractivity contribution in [2.24, 2.45) is 0 Å². The van der Waals surface area contributed by atoms with Gasteiger partial charge in [-0.3, -0.25) is 9.59 Å². The summed E-state index contributed by atoms with van der Waals surface area (Å²) in [6.07, 6.45) is 1.44. The molecule has 0 saturated heterocycles. The number of carbonyl (C=O) groups excluding carboxylic acids is 2. The number of rotatable bonds is 10. The van der Waals surface area contributed by atoms with Crippen LogP contribution in [0.3, 0.4) is 0 Å². The number of carbonyl (C=O) groups is 2. The molecule has 3 heterocycles. The van der Waals surface area contributed by atoms with Gasteiger partial charge in [0, 0.05) is 25.1 Å². The molecule has 0 unspecified atom stereocenters. The molecule has 0 atom stereocenters. The number of fused-ring (bicyclic) bond motifs is 1. The molecule has 0 saturated carbocycles. The van der Waals surface area contributed by atoms with Gasteiger partial charge in [0.1, 0.15) is 6.54 Å². The number of furan rings is 1. The van der Waals surface area contributed by atoms with Crippen LogP contribution in [-0.2, 0) is 22.6 Å². The van der Waals surface area contributed by atoms with E-state index in [2.05, 4.69) is 0 Å². The summed E-state index contributed by atoms with van der Waals surface area (Å²) in [7, 11) is 1.56. The number of nitrogens with zero attached hydrogens (tertiary/aromatic N) is 2. The lowest BCUT2D eigenvalue weighted by Crippen LogP contribution is -2.43. The number of hydrogen-bond acceptors (Lipinski definition) is 7. The van der Waals surface area contributed by atoms with E-state index in [1.54, 1.807) is 35.5 Å². The van der Waals surface area contributed by atoms with E-state index < -0.39 is 0 Å². The van der Waals surface area contributed by atoms with Gasteiger partial charge in [0.05, 0.1) is 19.4 Å². The smallest absolute Gasteiger partial charge is 0.290 e. The molecular weight excluding hydrogens is 432 g/mol. The first-order valence-corrected chi connectivity index (χ1v) is 11.0. The van der Waals surface area contributed by atoms with Crippen molar-refractivity contribution in [1.82, 2.24) is 9.80 Å². The van der Waals surface area contributed by atoms with Gasteiger partial charge in [-0.05, 0) is 41.3 Å². The second-order valence-electron chi connectivity index (χ2n) is 7.21. The number of hydrogen-bond donors (Lipinski definition) is 0. The molecule has 1 aromatic carbocycles. The second kappa shape index (κ2) is 10.3. The number of methoxy groups -OCH3 is 1. The highest BCUT2D eigenvalue weighted by atomic mass is 32.1. The maximum atomic E-state index is 13.4. The Morgan fingerprint density at radius 2 is 1.94 bits per heavy atom. The van der Waals surface area contributed by atoms with Crippen LogP contribution >= 0.6 is 11.3 Å². The van der Waals surface area contributed by atoms with Crippen molar-refractivity contribution in [3.63, 3.8) is 0 Å². The number of ether oxygens (including phenoxy) is 3. The van der Waals surface area contributed by atoms with Crippen molar-refractivity contribution < 1.29 is 28.2 Å². The fourth-order valence-electron chi connectivity index (χ4n) is 3.36. The fourth-order valence-corrected chi connectivity index (χ4v) is 4.08. The third kappa shape index (κ3) is 5.30. The van der Waals surface area contributed by atoms with Crippen molar-refractivity contribution in [3.05, 3.63) is 70.3 Å². The first-order valence-electron chi connectivity index (χ1n) is 10.1. The Hall–Kier alpha value is -3.30. The predicted molar refractivity (Wildman–Crippen MR) is 118 cm³/mol. The first-order chi connectivity index (χ1) is 15.6. The minimum Gasteiger partial charge on any atom is -0.459 e. The van der Waals surface area contributed by atoms with Crippen LogP contribution in [-0.4, -0.2) is 55.2 Å². The summed E-state index contributed by atoms with van der Waals surface area (Å²) < 4.78 is 21.2. The van der Waals surface area contributed by atoms with Crippen molar-refractivity contribution in [2.75, 3.05) is 33.6 Å². The summed E-state index contributed by atoms with van der Waals surface area (Å²) >= 11 is 1.58. The van der Waals surface area contributed by atoms with Gasteiger partial charge in [0.15, 0.2) is 17.3 Å². The lowest BCUT2D eigenvalue weighted by molar-refractivity contribution is -0.133. The quantitative estimate of drug-likeness (QED) is 0.465. The number of thiophene rings is 1. The normalized spacial score (nSPS) is 12.0. The SMILES string of the molecule is COCCN(CC(=O)N(Cc1ccc2c(c1)OCO2)Cc1cccs1)C(=O)c1ccco1. The Balaban J connectivity index is 1.52. The largest absolute Gasteiger partial charge is 0.459 e. The molecule has 3 aromatic rings. The monoisotopic (exact) mass is 456 g/mol. The zero-order valence-electron chi connectivity index (χ0n) is 17.7. The predicted octanol–water partition coefficient (Wildman–Crippen LogP) is 3.39. The highest BCUT2D eigenvalue weighted by molar-refractivity contribution is 7.09. The van der Waals surface area contributed by atoms with E-state index in [0.29, 0.717) is 31.2 Å². The van der Waals surface area contributed by atoms with Gasteiger partial charge in [-0.15, -0.1) is 11.3 Å². The molecule has 0 radical (unpaired) electrons. The van der Waals surface area contributed by atoms with Gasteiger partial charge in [-0.2, -0.15) is 0 Å². The van der Waals surface area contributed by atoms with Crippen molar-refractivity contribution >= 4 is 23.2 Å². The minimum atomic E-state index is -0.348. The molecule has 0 fully saturated rings. The van der Waals surface area contributed by atoms with E-state index in [9.17, 15) is 9.59 Å². The van der Waals surface area contributed by atoms with Crippen LogP contribution in [0.5, 0.6) is 11.5 Å². The standard InChI is InChI=1S/C23H24N2O6S/c1-28-10-8-24(23(27)20-5-2-9-29-20)15-22(26)25(14-18-4-3-11-32-18)13-17-6-7-19-21(12-17)31-16-30-19/h2-7,9,11-12H,8,10,13-16H2,1H3. The van der Waals surface area contributed by atoms with E-state index in [-0.39, 0.29) is 37.5 Å². The number of amides is 2. The van der Waals surface area contributed by atoms with Crippen LogP contribution in [0.15, 0.2) is 58.5 Å². The maximum absolute atomic E-state index is 13.4. The van der Waals surface area contributed by atoms with Gasteiger partial charge < -0.3 is 28.4 Å². The first kappa shape index (κ1) is 21.9. The summed E-state index contributed by atoms with van der Waals surface area (Å²) in [5.74, 6) is 1.03. The van der Waals surface area contributed by atoms with Gasteiger partial charge in [-0.25, -0.2) is 0 Å². The summed E-state index contributed by atoms with van der Waals surface area (Å²) in [5, 5.41) is 1.98. The molecule has 1 aliphatic heterocycles. The lowest BCUT2D eigenvalue weighted by Gasteiger charge is -2.27. The Labute approximate surface area is 189 Å². The summed E-state index contributed by atoms with van der Waals surface area (Å²) in [4.78, 5) is 30.5. The molecule has 1 aliphatic rings. The van der Waals surface area contributed by atoms with Crippen molar-refractivity contribution in [1.29, 1.82) is 0 Å². The fraction of sp³-hybridized carbons (Fsp3) is 0.304. The topological polar surface area (TPSA) is 81.5 Å². The maximum Gasteiger partial charge on any atom is 0.290 e. The molecule has 168 valence electrons. The van der Waals surface area contributed by atoms with E-state index >= 15 is 0 Å². The summed E-state index contributed by atoms with van der Waals surface area (Å²) in [6.45, 7) is 1.52. The Kier molecular flexibility index (Phi) is 7.08. The van der Waals surface area contributed by atoms with E-state index in [1.165, 1.54) is 11.2 Å². The average Bonchev–Trinajstić information content (AvgIpc) is 3.57. The Bertz CT molecular complexity index is 1030. The summed E-state index contributed by atoms with van der Waals surface area (Å²) in [5.41, 5.74) is 0.917. The molecule has 2 aromatic heterocycles. The Morgan fingerprint density at radius 1 is 1.06 bits per heavy atom. The number of benzene rings is 1. The van der Waals surface area contributed by atoms with Gasteiger partial charge in [0.25, 0.3) is 5.91 Å². The van der Waals surface area contributed by atoms with Crippen LogP contribution < -0.4 is 9.47 Å². The van der Waals surface area contributed by atoms with Crippen LogP contribution in [0.4, 0.5) is 0 Å². The molecule has 4 rings (SSSR count). The van der Waals surface area contributed by atoms with Gasteiger partial charge in [0.2, 0.25) is 12.7 Å². The molecule has 0 bridgehead atoms. The molecule has 2 amide bonds. The Morgan fingerprint density at radius 3 is 2.69 bits per heavy atom. The van der Waals surface area contributed by atoms with Crippen molar-refractivity contribution in [2.45, 2.75) is 13.1 Å². The molecule has 0 aliphatic carbocycles. The molecule has 0 spiro atoms. The van der Waals surface area contributed by atoms with Crippen LogP contribution in [0.25, 0.3) is 0 Å². The minimum absolute atomic E-state index is 0.0845. The lowest BCUT2D eigenvalue weighted by atomic mass is 10.2. The van der Waals surface area contributed by atoms with Crippen LogP contribution in [0.2, 0.25) is 0 Å². The molecular formula is C23H24N2O6S. The molecule has 8 nitrogen and oxygen atoms in total. The van der Waals surface area contributed by atoms with Crippen LogP contribution in [0.1, 0.15) is 21.0 Å². The zero-order valence-corrected chi connectivity index (χ0v) is 18.5. The third-order valence-corrected chi connectivity index (χ3v) is 5.86. The van der Waals surface area contributed by atoms with Crippen LogP contribution in [0, 0.1) is 0 Å². The molecule has 0 N–H and O–H groups in total. The van der Waals surface area contributed by atoms with E-state index in [0.717, 1.165) is 10.4 Å². The zero-order chi connectivity index (χ0) is 22.3. The molecule has 32 heavy (non-hydrogen) atoms. The molecule has 9 heteroatoms. The van der Waals surface area contributed by atoms with Gasteiger partial charge in [-0.1, -0.05) is 12.1 Å².